The summed E-state index contributed by atoms with van der Waals surface area (Å²) in [5.41, 5.74) is 3.31. The van der Waals surface area contributed by atoms with E-state index in [1.165, 1.54) is 31.2 Å². The van der Waals surface area contributed by atoms with Crippen molar-refractivity contribution in [2.24, 2.45) is 7.05 Å². The molecule has 0 unspecified atom stereocenters. The topological polar surface area (TPSA) is 37.8 Å². The Morgan fingerprint density at radius 2 is 1.89 bits per heavy atom. The Hall–Kier alpha value is -1.51. The molecular formula is C15H22N2O. The number of para-hydroxylation sites is 1. The van der Waals surface area contributed by atoms with E-state index >= 15 is 0 Å². The molecule has 0 saturated carbocycles. The van der Waals surface area contributed by atoms with E-state index < -0.39 is 0 Å². The lowest BCUT2D eigenvalue weighted by atomic mass is 9.89. The van der Waals surface area contributed by atoms with Crippen LogP contribution in [0.2, 0.25) is 0 Å². The molecule has 0 aliphatic carbocycles. The normalized spacial score (nSPS) is 11.6. The van der Waals surface area contributed by atoms with Gasteiger partial charge in [0.2, 0.25) is 0 Å². The molecule has 0 spiro atoms. The predicted molar refractivity (Wildman–Crippen MR) is 76.1 cm³/mol. The molecule has 0 aliphatic rings. The van der Waals surface area contributed by atoms with Gasteiger partial charge in [0.25, 0.3) is 0 Å². The maximum Gasteiger partial charge on any atom is 0.326 e. The summed E-state index contributed by atoms with van der Waals surface area (Å²) in [6, 6.07) is 6.23. The fourth-order valence-electron chi connectivity index (χ4n) is 2.77. The number of imidazole rings is 1. The molecule has 0 aliphatic heterocycles. The van der Waals surface area contributed by atoms with Gasteiger partial charge in [-0.15, -0.1) is 0 Å². The van der Waals surface area contributed by atoms with Crippen molar-refractivity contribution in [2.45, 2.75) is 45.4 Å². The molecule has 98 valence electrons. The van der Waals surface area contributed by atoms with Crippen LogP contribution in [-0.4, -0.2) is 9.55 Å². The van der Waals surface area contributed by atoms with Crippen molar-refractivity contribution in [1.29, 1.82) is 0 Å². The van der Waals surface area contributed by atoms with Gasteiger partial charge in [-0.05, 0) is 30.4 Å². The van der Waals surface area contributed by atoms with E-state index in [1.54, 1.807) is 4.57 Å². The third-order valence-electron chi connectivity index (χ3n) is 3.69. The van der Waals surface area contributed by atoms with Crippen molar-refractivity contribution in [3.8, 4) is 0 Å². The highest BCUT2D eigenvalue weighted by Gasteiger charge is 2.15. The molecule has 1 N–H and O–H groups in total. The summed E-state index contributed by atoms with van der Waals surface area (Å²) >= 11 is 0. The van der Waals surface area contributed by atoms with Gasteiger partial charge in [0.15, 0.2) is 0 Å². The number of fused-ring (bicyclic) bond motifs is 1. The Kier molecular flexibility index (Phi) is 3.90. The van der Waals surface area contributed by atoms with Crippen LogP contribution in [0.15, 0.2) is 23.0 Å². The van der Waals surface area contributed by atoms with Crippen molar-refractivity contribution < 1.29 is 0 Å². The zero-order chi connectivity index (χ0) is 13.1. The van der Waals surface area contributed by atoms with Gasteiger partial charge in [0, 0.05) is 7.05 Å². The third-order valence-corrected chi connectivity index (χ3v) is 3.69. The highest BCUT2D eigenvalue weighted by molar-refractivity contribution is 5.79. The number of hydrogen-bond acceptors (Lipinski definition) is 1. The Morgan fingerprint density at radius 1 is 1.22 bits per heavy atom. The van der Waals surface area contributed by atoms with Gasteiger partial charge >= 0.3 is 5.69 Å². The minimum Gasteiger partial charge on any atom is -0.305 e. The Bertz CT molecular complexity index is 574. The molecule has 2 aromatic rings. The number of aryl methyl sites for hydroxylation is 1. The first-order chi connectivity index (χ1) is 8.69. The molecule has 0 amide bonds. The summed E-state index contributed by atoms with van der Waals surface area (Å²) in [7, 11) is 1.82. The molecule has 0 atom stereocenters. The number of aromatic nitrogens is 2. The Morgan fingerprint density at radius 3 is 2.50 bits per heavy atom. The lowest BCUT2D eigenvalue weighted by Crippen LogP contribution is -2.11. The second-order valence-electron chi connectivity index (χ2n) is 5.00. The van der Waals surface area contributed by atoms with E-state index in [0.29, 0.717) is 5.92 Å². The maximum atomic E-state index is 11.7. The van der Waals surface area contributed by atoms with E-state index in [-0.39, 0.29) is 5.69 Å². The van der Waals surface area contributed by atoms with Crippen LogP contribution in [0.3, 0.4) is 0 Å². The van der Waals surface area contributed by atoms with Crippen molar-refractivity contribution in [2.75, 3.05) is 0 Å². The number of nitrogens with zero attached hydrogens (tertiary/aromatic N) is 1. The first kappa shape index (κ1) is 12.9. The van der Waals surface area contributed by atoms with Crippen LogP contribution in [0.1, 0.15) is 51.0 Å². The highest BCUT2D eigenvalue weighted by Crippen LogP contribution is 2.30. The fraction of sp³-hybridized carbons (Fsp3) is 0.533. The number of H-pyrrole nitrogens is 1. The lowest BCUT2D eigenvalue weighted by Gasteiger charge is -2.16. The van der Waals surface area contributed by atoms with E-state index in [1.807, 2.05) is 13.1 Å². The Balaban J connectivity index is 2.55. The van der Waals surface area contributed by atoms with Crippen LogP contribution in [0.25, 0.3) is 11.0 Å². The number of benzene rings is 1. The predicted octanol–water partition coefficient (Wildman–Crippen LogP) is 3.55. The average Bonchev–Trinajstić information content (AvgIpc) is 2.65. The largest absolute Gasteiger partial charge is 0.326 e. The van der Waals surface area contributed by atoms with Gasteiger partial charge in [-0.25, -0.2) is 4.79 Å². The molecule has 0 saturated heterocycles. The maximum absolute atomic E-state index is 11.7. The standard InChI is InChI=1S/C15H22N2O/c1-4-7-11(8-5-2)12-9-6-10-13-14(12)16-15(18)17(13)3/h6,9-11H,4-5,7-8H2,1-3H3,(H,16,18). The van der Waals surface area contributed by atoms with Gasteiger partial charge in [-0.3, -0.25) is 4.57 Å². The van der Waals surface area contributed by atoms with Crippen LogP contribution in [0, 0.1) is 0 Å². The minimum atomic E-state index is -0.0239. The van der Waals surface area contributed by atoms with Crippen LogP contribution < -0.4 is 5.69 Å². The van der Waals surface area contributed by atoms with Crippen molar-refractivity contribution in [3.05, 3.63) is 34.2 Å². The zero-order valence-electron chi connectivity index (χ0n) is 11.5. The zero-order valence-corrected chi connectivity index (χ0v) is 11.5. The third kappa shape index (κ3) is 2.22. The van der Waals surface area contributed by atoms with Gasteiger partial charge in [0.1, 0.15) is 0 Å². The van der Waals surface area contributed by atoms with Crippen LogP contribution in [0.5, 0.6) is 0 Å². The monoisotopic (exact) mass is 246 g/mol. The number of hydrogen-bond donors (Lipinski definition) is 1. The summed E-state index contributed by atoms with van der Waals surface area (Å²) in [5.74, 6) is 0.557. The van der Waals surface area contributed by atoms with E-state index in [2.05, 4.69) is 31.0 Å². The van der Waals surface area contributed by atoms with Crippen molar-refractivity contribution >= 4 is 11.0 Å². The molecule has 0 bridgehead atoms. The van der Waals surface area contributed by atoms with Gasteiger partial charge in [0.05, 0.1) is 11.0 Å². The number of aromatic amines is 1. The minimum absolute atomic E-state index is 0.0239. The molecule has 0 fully saturated rings. The Labute approximate surface area is 108 Å². The molecule has 18 heavy (non-hydrogen) atoms. The summed E-state index contributed by atoms with van der Waals surface area (Å²) in [6.45, 7) is 4.44. The van der Waals surface area contributed by atoms with Crippen LogP contribution in [-0.2, 0) is 7.05 Å². The SMILES string of the molecule is CCCC(CCC)c1cccc2c1[nH]c(=O)n2C. The van der Waals surface area contributed by atoms with Crippen molar-refractivity contribution in [1.82, 2.24) is 9.55 Å². The van der Waals surface area contributed by atoms with Gasteiger partial charge in [-0.1, -0.05) is 38.8 Å². The summed E-state index contributed by atoms with van der Waals surface area (Å²) in [6.07, 6.45) is 4.73. The first-order valence-electron chi connectivity index (χ1n) is 6.86. The van der Waals surface area contributed by atoms with E-state index in [4.69, 9.17) is 0 Å². The van der Waals surface area contributed by atoms with Crippen LogP contribution in [0.4, 0.5) is 0 Å². The van der Waals surface area contributed by atoms with Crippen LogP contribution >= 0.6 is 0 Å². The van der Waals surface area contributed by atoms with E-state index in [9.17, 15) is 4.79 Å². The molecule has 1 aromatic heterocycles. The van der Waals surface area contributed by atoms with Gasteiger partial charge < -0.3 is 4.98 Å². The summed E-state index contributed by atoms with van der Waals surface area (Å²) in [5, 5.41) is 0. The molecule has 3 nitrogen and oxygen atoms in total. The summed E-state index contributed by atoms with van der Waals surface area (Å²) in [4.78, 5) is 14.7. The fourth-order valence-corrected chi connectivity index (χ4v) is 2.77. The quantitative estimate of drug-likeness (QED) is 0.860. The number of rotatable bonds is 5. The molecule has 2 rings (SSSR count). The molecule has 1 heterocycles. The summed E-state index contributed by atoms with van der Waals surface area (Å²) < 4.78 is 1.69. The van der Waals surface area contributed by atoms with E-state index in [0.717, 1.165) is 11.0 Å². The average molecular weight is 246 g/mol. The molecule has 0 radical (unpaired) electrons. The lowest BCUT2D eigenvalue weighted by molar-refractivity contribution is 0.563. The number of nitrogens with one attached hydrogen (secondary N) is 1. The first-order valence-corrected chi connectivity index (χ1v) is 6.86. The molecular weight excluding hydrogens is 224 g/mol. The highest BCUT2D eigenvalue weighted by atomic mass is 16.1. The molecule has 3 heteroatoms. The van der Waals surface area contributed by atoms with Gasteiger partial charge in [-0.2, -0.15) is 0 Å². The smallest absolute Gasteiger partial charge is 0.305 e. The molecule has 1 aromatic carbocycles. The van der Waals surface area contributed by atoms with Crippen molar-refractivity contribution in [3.63, 3.8) is 0 Å². The second kappa shape index (κ2) is 5.42. The second-order valence-corrected chi connectivity index (χ2v) is 5.00.